The van der Waals surface area contributed by atoms with E-state index in [1.54, 1.807) is 27.7 Å². The predicted molar refractivity (Wildman–Crippen MR) is 93.5 cm³/mol. The van der Waals surface area contributed by atoms with Crippen LogP contribution in [0.1, 0.15) is 46.1 Å². The highest BCUT2D eigenvalue weighted by molar-refractivity contribution is 6.32. The maximum atomic E-state index is 14.4. The summed E-state index contributed by atoms with van der Waals surface area (Å²) in [5.74, 6) is -1.09. The monoisotopic (exact) mass is 373 g/mol. The second kappa shape index (κ2) is 7.38. The lowest BCUT2D eigenvalue weighted by molar-refractivity contribution is -0.154. The summed E-state index contributed by atoms with van der Waals surface area (Å²) in [6, 6.07) is 1.31. The number of rotatable bonds is 7. The van der Waals surface area contributed by atoms with Crippen molar-refractivity contribution in [3.05, 3.63) is 22.5 Å². The van der Waals surface area contributed by atoms with Crippen molar-refractivity contribution in [3.63, 3.8) is 0 Å². The molecule has 1 aromatic carbocycles. The first-order valence-electron chi connectivity index (χ1n) is 8.34. The van der Waals surface area contributed by atoms with Crippen molar-refractivity contribution >= 4 is 17.6 Å². The largest absolute Gasteiger partial charge is 0.506 e. The van der Waals surface area contributed by atoms with Crippen molar-refractivity contribution in [2.24, 2.45) is 5.41 Å². The van der Waals surface area contributed by atoms with Crippen LogP contribution in [0.25, 0.3) is 0 Å². The number of ether oxygens (including phenoxy) is 2. The lowest BCUT2D eigenvalue weighted by Gasteiger charge is -2.22. The topological polar surface area (TPSA) is 67.8 Å². The minimum absolute atomic E-state index is 0.161. The van der Waals surface area contributed by atoms with E-state index in [-0.39, 0.29) is 46.7 Å². The van der Waals surface area contributed by atoms with Gasteiger partial charge in [0.15, 0.2) is 5.82 Å². The van der Waals surface area contributed by atoms with Gasteiger partial charge in [0.2, 0.25) is 0 Å². The van der Waals surface area contributed by atoms with Gasteiger partial charge in [-0.05, 0) is 40.5 Å². The Morgan fingerprint density at radius 3 is 2.60 bits per heavy atom. The summed E-state index contributed by atoms with van der Waals surface area (Å²) in [5.41, 5.74) is -0.659. The first kappa shape index (κ1) is 19.8. The summed E-state index contributed by atoms with van der Waals surface area (Å²) in [5, 5.41) is 12.6. The molecule has 2 N–H and O–H groups in total. The molecule has 0 atom stereocenters. The summed E-state index contributed by atoms with van der Waals surface area (Å²) >= 11 is 5.80. The van der Waals surface area contributed by atoms with E-state index in [1.165, 1.54) is 6.07 Å². The Bertz CT molecular complexity index is 653. The zero-order chi connectivity index (χ0) is 18.8. The molecular formula is C18H25ClFNO4. The van der Waals surface area contributed by atoms with Crippen LogP contribution in [-0.2, 0) is 16.1 Å². The van der Waals surface area contributed by atoms with Crippen LogP contribution in [-0.4, -0.2) is 29.8 Å². The van der Waals surface area contributed by atoms with E-state index in [0.717, 1.165) is 12.8 Å². The van der Waals surface area contributed by atoms with Gasteiger partial charge in [0.05, 0.1) is 17.6 Å². The van der Waals surface area contributed by atoms with Gasteiger partial charge in [-0.25, -0.2) is 4.39 Å². The molecule has 0 heterocycles. The van der Waals surface area contributed by atoms with Gasteiger partial charge in [0.25, 0.3) is 0 Å². The number of hydrogen-bond acceptors (Lipinski definition) is 5. The fourth-order valence-corrected chi connectivity index (χ4v) is 2.46. The smallest absolute Gasteiger partial charge is 0.311 e. The second-order valence-electron chi connectivity index (χ2n) is 7.39. The molecule has 2 rings (SSSR count). The molecule has 1 fully saturated rings. The minimum Gasteiger partial charge on any atom is -0.506 e. The molecule has 1 aliphatic carbocycles. The molecule has 0 unspecified atom stereocenters. The molecule has 1 aliphatic rings. The number of phenolic OH excluding ortho intramolecular Hbond substituents is 1. The molecular weight excluding hydrogens is 349 g/mol. The Morgan fingerprint density at radius 2 is 2.08 bits per heavy atom. The van der Waals surface area contributed by atoms with Crippen LogP contribution in [0.3, 0.4) is 0 Å². The maximum absolute atomic E-state index is 14.4. The molecule has 0 bridgehead atoms. The highest BCUT2D eigenvalue weighted by Gasteiger charge is 2.44. The average molecular weight is 374 g/mol. The first-order valence-corrected chi connectivity index (χ1v) is 8.72. The van der Waals surface area contributed by atoms with E-state index < -0.39 is 11.2 Å². The van der Waals surface area contributed by atoms with E-state index in [0.29, 0.717) is 6.61 Å². The Balaban J connectivity index is 2.06. The standard InChI is InChI=1S/C18H25ClFNO4/c1-5-24-13-8-12(22)14(19)15(20)11(13)9-21-18(6-7-18)10-25-16(23)17(2,3)4/h8,21-22H,5-7,9-10H2,1-4H3. The third kappa shape index (κ3) is 4.76. The first-order chi connectivity index (χ1) is 11.6. The third-order valence-corrected chi connectivity index (χ3v) is 4.49. The molecule has 0 saturated heterocycles. The van der Waals surface area contributed by atoms with Gasteiger partial charge in [0.1, 0.15) is 23.1 Å². The number of phenols is 1. The fraction of sp³-hybridized carbons (Fsp3) is 0.611. The van der Waals surface area contributed by atoms with Crippen molar-refractivity contribution in [3.8, 4) is 11.5 Å². The number of halogens is 2. The predicted octanol–water partition coefficient (Wildman–Crippen LogP) is 3.79. The van der Waals surface area contributed by atoms with Crippen LogP contribution < -0.4 is 10.1 Å². The summed E-state index contributed by atoms with van der Waals surface area (Å²) in [6.07, 6.45) is 1.67. The van der Waals surface area contributed by atoms with Crippen molar-refractivity contribution in [1.82, 2.24) is 5.32 Å². The number of carbonyl (C=O) groups excluding carboxylic acids is 1. The SMILES string of the molecule is CCOc1cc(O)c(Cl)c(F)c1CNC1(COC(=O)C(C)(C)C)CC1. The fourth-order valence-electron chi connectivity index (χ4n) is 2.30. The van der Waals surface area contributed by atoms with E-state index in [1.807, 2.05) is 0 Å². The maximum Gasteiger partial charge on any atom is 0.311 e. The Morgan fingerprint density at radius 1 is 1.44 bits per heavy atom. The highest BCUT2D eigenvalue weighted by atomic mass is 35.5. The summed E-state index contributed by atoms with van der Waals surface area (Å²) in [6.45, 7) is 7.89. The van der Waals surface area contributed by atoms with Crippen LogP contribution in [0.5, 0.6) is 11.5 Å². The van der Waals surface area contributed by atoms with Gasteiger partial charge in [0, 0.05) is 18.2 Å². The Kier molecular flexibility index (Phi) is 5.84. The number of benzene rings is 1. The molecule has 0 aliphatic heterocycles. The molecule has 1 saturated carbocycles. The molecule has 5 nitrogen and oxygen atoms in total. The summed E-state index contributed by atoms with van der Waals surface area (Å²) < 4.78 is 25.2. The number of nitrogens with one attached hydrogen (secondary N) is 1. The number of carbonyl (C=O) groups is 1. The van der Waals surface area contributed by atoms with Gasteiger partial charge < -0.3 is 19.9 Å². The van der Waals surface area contributed by atoms with Crippen LogP contribution >= 0.6 is 11.6 Å². The van der Waals surface area contributed by atoms with Gasteiger partial charge in [-0.15, -0.1) is 0 Å². The van der Waals surface area contributed by atoms with E-state index in [2.05, 4.69) is 5.32 Å². The molecule has 0 aromatic heterocycles. The minimum atomic E-state index is -0.708. The Labute approximate surface area is 152 Å². The van der Waals surface area contributed by atoms with Crippen LogP contribution in [0, 0.1) is 11.2 Å². The van der Waals surface area contributed by atoms with E-state index >= 15 is 0 Å². The molecule has 0 spiro atoms. The quantitative estimate of drug-likeness (QED) is 0.711. The van der Waals surface area contributed by atoms with Crippen LogP contribution in [0.2, 0.25) is 5.02 Å². The zero-order valence-corrected chi connectivity index (χ0v) is 15.8. The van der Waals surface area contributed by atoms with Gasteiger partial charge >= 0.3 is 5.97 Å². The normalized spacial score (nSPS) is 15.8. The van der Waals surface area contributed by atoms with Crippen LogP contribution in [0.4, 0.5) is 4.39 Å². The van der Waals surface area contributed by atoms with Crippen LogP contribution in [0.15, 0.2) is 6.07 Å². The summed E-state index contributed by atoms with van der Waals surface area (Å²) in [7, 11) is 0. The molecule has 25 heavy (non-hydrogen) atoms. The highest BCUT2D eigenvalue weighted by Crippen LogP contribution is 2.39. The zero-order valence-electron chi connectivity index (χ0n) is 15.0. The number of hydrogen-bond donors (Lipinski definition) is 2. The molecule has 140 valence electrons. The number of esters is 1. The molecule has 7 heteroatoms. The van der Waals surface area contributed by atoms with Gasteiger partial charge in [-0.1, -0.05) is 11.6 Å². The van der Waals surface area contributed by atoms with Crippen molar-refractivity contribution in [2.45, 2.75) is 52.6 Å². The van der Waals surface area contributed by atoms with Crippen molar-refractivity contribution in [1.29, 1.82) is 0 Å². The third-order valence-electron chi connectivity index (χ3n) is 4.13. The van der Waals surface area contributed by atoms with E-state index in [9.17, 15) is 14.3 Å². The lowest BCUT2D eigenvalue weighted by Crippen LogP contribution is -2.38. The number of aromatic hydroxyl groups is 1. The Hall–Kier alpha value is -1.53. The van der Waals surface area contributed by atoms with Gasteiger partial charge in [-0.3, -0.25) is 4.79 Å². The van der Waals surface area contributed by atoms with Crippen molar-refractivity contribution < 1.29 is 23.8 Å². The summed E-state index contributed by atoms with van der Waals surface area (Å²) in [4.78, 5) is 11.9. The van der Waals surface area contributed by atoms with E-state index in [4.69, 9.17) is 21.1 Å². The van der Waals surface area contributed by atoms with Crippen molar-refractivity contribution in [2.75, 3.05) is 13.2 Å². The second-order valence-corrected chi connectivity index (χ2v) is 7.77. The molecule has 0 amide bonds. The van der Waals surface area contributed by atoms with Gasteiger partial charge in [-0.2, -0.15) is 0 Å². The molecule has 1 aromatic rings. The lowest BCUT2D eigenvalue weighted by atomic mass is 9.97. The molecule has 0 radical (unpaired) electrons. The average Bonchev–Trinajstić information content (AvgIpc) is 3.30.